The number of rotatable bonds is 7. The smallest absolute Gasteiger partial charge is 0.306 e. The molecule has 5 nitrogen and oxygen atoms in total. The molecule has 1 fully saturated rings. The van der Waals surface area contributed by atoms with Gasteiger partial charge in [-0.25, -0.2) is 0 Å². The van der Waals surface area contributed by atoms with Crippen LogP contribution < -0.4 is 0 Å². The number of likely N-dealkylation sites (tertiary alicyclic amines) is 1. The molecule has 3 rings (SSSR count). The predicted molar refractivity (Wildman–Crippen MR) is 102 cm³/mol. The maximum atomic E-state index is 12.4. The third-order valence-electron chi connectivity index (χ3n) is 4.37. The number of hydrogen-bond donors (Lipinski definition) is 0. The van der Waals surface area contributed by atoms with Gasteiger partial charge in [0.15, 0.2) is 12.4 Å². The first-order valence-electron chi connectivity index (χ1n) is 8.62. The highest BCUT2D eigenvalue weighted by Crippen LogP contribution is 2.34. The first-order valence-corrected chi connectivity index (χ1v) is 10.3. The Morgan fingerprint density at radius 1 is 1.23 bits per heavy atom. The third-order valence-corrected chi connectivity index (χ3v) is 6.39. The van der Waals surface area contributed by atoms with Crippen LogP contribution in [0.15, 0.2) is 29.6 Å². The molecule has 1 aliphatic heterocycles. The van der Waals surface area contributed by atoms with Crippen molar-refractivity contribution >= 4 is 40.3 Å². The van der Waals surface area contributed by atoms with E-state index in [4.69, 9.17) is 4.74 Å². The summed E-state index contributed by atoms with van der Waals surface area (Å²) in [6, 6.07) is 7.76. The first-order chi connectivity index (χ1) is 12.5. The maximum absolute atomic E-state index is 12.4. The summed E-state index contributed by atoms with van der Waals surface area (Å²) in [6.07, 6.45) is 2.00. The van der Waals surface area contributed by atoms with Crippen LogP contribution in [0.3, 0.4) is 0 Å². The van der Waals surface area contributed by atoms with Crippen molar-refractivity contribution in [2.24, 2.45) is 0 Å². The Bertz CT molecular complexity index is 781. The van der Waals surface area contributed by atoms with Gasteiger partial charge >= 0.3 is 5.97 Å². The molecule has 2 aromatic rings. The van der Waals surface area contributed by atoms with E-state index in [1.807, 2.05) is 30.5 Å². The van der Waals surface area contributed by atoms with E-state index in [0.29, 0.717) is 11.4 Å². The number of hydrogen-bond acceptors (Lipinski definition) is 6. The van der Waals surface area contributed by atoms with Gasteiger partial charge in [0.2, 0.25) is 0 Å². The van der Waals surface area contributed by atoms with E-state index in [-0.39, 0.29) is 37.2 Å². The van der Waals surface area contributed by atoms with Crippen LogP contribution in [0, 0.1) is 6.92 Å². The maximum Gasteiger partial charge on any atom is 0.306 e. The van der Waals surface area contributed by atoms with Gasteiger partial charge in [0.05, 0.1) is 17.3 Å². The number of esters is 1. The molecule has 0 aliphatic carbocycles. The summed E-state index contributed by atoms with van der Waals surface area (Å²) in [5.74, 6) is -0.745. The second kappa shape index (κ2) is 8.60. The Labute approximate surface area is 160 Å². The van der Waals surface area contributed by atoms with E-state index in [9.17, 15) is 14.4 Å². The van der Waals surface area contributed by atoms with Crippen LogP contribution in [0.5, 0.6) is 0 Å². The molecule has 1 amide bonds. The van der Waals surface area contributed by atoms with Crippen LogP contribution in [0.1, 0.15) is 51.2 Å². The highest BCUT2D eigenvalue weighted by atomic mass is 32.1. The fourth-order valence-corrected chi connectivity index (χ4v) is 4.77. The van der Waals surface area contributed by atoms with E-state index in [0.717, 1.165) is 17.7 Å². The summed E-state index contributed by atoms with van der Waals surface area (Å²) in [5, 5.41) is 2.00. The monoisotopic (exact) mass is 391 g/mol. The van der Waals surface area contributed by atoms with Gasteiger partial charge in [0, 0.05) is 22.7 Å². The van der Waals surface area contributed by atoms with E-state index < -0.39 is 5.97 Å². The van der Waals surface area contributed by atoms with Gasteiger partial charge in [-0.2, -0.15) is 0 Å². The lowest BCUT2D eigenvalue weighted by Crippen LogP contribution is -2.34. The molecule has 138 valence electrons. The minimum atomic E-state index is -0.508. The van der Waals surface area contributed by atoms with Crippen molar-refractivity contribution in [1.82, 2.24) is 4.90 Å². The highest BCUT2D eigenvalue weighted by molar-refractivity contribution is 7.14. The summed E-state index contributed by atoms with van der Waals surface area (Å²) < 4.78 is 5.10. The molecular weight excluding hydrogens is 370 g/mol. The lowest BCUT2D eigenvalue weighted by atomic mass is 10.2. The molecule has 1 unspecified atom stereocenters. The van der Waals surface area contributed by atoms with Gasteiger partial charge in [-0.15, -0.1) is 22.7 Å². The van der Waals surface area contributed by atoms with Crippen LogP contribution in [0.4, 0.5) is 0 Å². The Kier molecular flexibility index (Phi) is 6.21. The topological polar surface area (TPSA) is 63.7 Å². The third kappa shape index (κ3) is 4.59. The molecule has 0 bridgehead atoms. The Hall–Kier alpha value is -1.99. The van der Waals surface area contributed by atoms with E-state index in [1.54, 1.807) is 22.3 Å². The second-order valence-corrected chi connectivity index (χ2v) is 8.52. The van der Waals surface area contributed by atoms with Crippen molar-refractivity contribution in [3.05, 3.63) is 44.3 Å². The zero-order chi connectivity index (χ0) is 18.5. The molecule has 1 atom stereocenters. The molecule has 2 aromatic heterocycles. The number of thiophene rings is 2. The van der Waals surface area contributed by atoms with Crippen molar-refractivity contribution in [2.45, 2.75) is 38.6 Å². The van der Waals surface area contributed by atoms with Crippen molar-refractivity contribution in [2.75, 3.05) is 13.2 Å². The summed E-state index contributed by atoms with van der Waals surface area (Å²) in [6.45, 7) is 2.37. The molecule has 3 heterocycles. The molecule has 0 spiro atoms. The van der Waals surface area contributed by atoms with Gasteiger partial charge < -0.3 is 9.64 Å². The molecule has 7 heteroatoms. The van der Waals surface area contributed by atoms with Crippen LogP contribution in [-0.2, 0) is 14.3 Å². The average molecular weight is 392 g/mol. The molecule has 1 saturated heterocycles. The van der Waals surface area contributed by atoms with Crippen molar-refractivity contribution < 1.29 is 19.1 Å². The van der Waals surface area contributed by atoms with Crippen LogP contribution in [0.2, 0.25) is 0 Å². The first kappa shape index (κ1) is 18.8. The highest BCUT2D eigenvalue weighted by Gasteiger charge is 2.30. The number of ketones is 1. The van der Waals surface area contributed by atoms with Gasteiger partial charge in [-0.3, -0.25) is 14.4 Å². The summed E-state index contributed by atoms with van der Waals surface area (Å²) in [5.41, 5.74) is 0. The van der Waals surface area contributed by atoms with Gasteiger partial charge in [0.1, 0.15) is 0 Å². The Morgan fingerprint density at radius 3 is 2.77 bits per heavy atom. The Balaban J connectivity index is 1.44. The number of aryl methyl sites for hydroxylation is 1. The fourth-order valence-electron chi connectivity index (χ4n) is 3.06. The molecule has 0 saturated carbocycles. The van der Waals surface area contributed by atoms with Gasteiger partial charge in [0.25, 0.3) is 5.91 Å². The zero-order valence-corrected chi connectivity index (χ0v) is 16.2. The van der Waals surface area contributed by atoms with Crippen LogP contribution >= 0.6 is 22.7 Å². The van der Waals surface area contributed by atoms with Crippen LogP contribution in [-0.4, -0.2) is 35.7 Å². The Morgan fingerprint density at radius 2 is 2.08 bits per heavy atom. The summed E-state index contributed by atoms with van der Waals surface area (Å²) in [7, 11) is 0. The number of Topliss-reactive ketones (excluding diaryl/α,β-unsaturated/α-hetero) is 1. The van der Waals surface area contributed by atoms with Crippen molar-refractivity contribution in [1.29, 1.82) is 0 Å². The minimum absolute atomic E-state index is 0.00257. The number of carbonyl (C=O) groups is 3. The lowest BCUT2D eigenvalue weighted by molar-refractivity contribution is -0.152. The SMILES string of the molecule is Cc1ccc(C(=O)CCC(=O)OCC(=O)N2CCCC2c2cccs2)s1. The van der Waals surface area contributed by atoms with Gasteiger partial charge in [-0.1, -0.05) is 6.07 Å². The molecule has 1 aliphatic rings. The lowest BCUT2D eigenvalue weighted by Gasteiger charge is -2.23. The van der Waals surface area contributed by atoms with E-state index >= 15 is 0 Å². The standard InChI is InChI=1S/C19H21NO4S2/c1-13-6-8-17(26-13)15(21)7-9-19(23)24-12-18(22)20-10-2-4-14(20)16-5-3-11-25-16/h3,5-6,8,11,14H,2,4,7,9-10,12H2,1H3. The fraction of sp³-hybridized carbons (Fsp3) is 0.421. The second-order valence-electron chi connectivity index (χ2n) is 6.25. The number of amides is 1. The summed E-state index contributed by atoms with van der Waals surface area (Å²) >= 11 is 3.06. The number of nitrogens with zero attached hydrogens (tertiary/aromatic N) is 1. The average Bonchev–Trinajstić information content (AvgIpc) is 3.37. The number of carbonyl (C=O) groups excluding carboxylic acids is 3. The van der Waals surface area contributed by atoms with E-state index in [1.165, 1.54) is 16.2 Å². The molecule has 26 heavy (non-hydrogen) atoms. The summed E-state index contributed by atoms with van der Waals surface area (Å²) in [4.78, 5) is 41.0. The van der Waals surface area contributed by atoms with Crippen molar-refractivity contribution in [3.63, 3.8) is 0 Å². The van der Waals surface area contributed by atoms with Crippen LogP contribution in [0.25, 0.3) is 0 Å². The zero-order valence-electron chi connectivity index (χ0n) is 14.6. The molecular formula is C19H21NO4S2. The van der Waals surface area contributed by atoms with E-state index in [2.05, 4.69) is 0 Å². The van der Waals surface area contributed by atoms with Gasteiger partial charge in [-0.05, 0) is 43.3 Å². The molecule has 0 N–H and O–H groups in total. The molecule has 0 aromatic carbocycles. The molecule has 0 radical (unpaired) electrons. The normalized spacial score (nSPS) is 16.7. The quantitative estimate of drug-likeness (QED) is 0.529. The van der Waals surface area contributed by atoms with Crippen molar-refractivity contribution in [3.8, 4) is 0 Å². The predicted octanol–water partition coefficient (Wildman–Crippen LogP) is 3.99. The number of ether oxygens (including phenoxy) is 1. The minimum Gasteiger partial charge on any atom is -0.456 e. The largest absolute Gasteiger partial charge is 0.456 e.